The molecule has 2 N–H and O–H groups in total. The Labute approximate surface area is 160 Å². The molecule has 0 saturated heterocycles. The molecular weight excluding hydrogens is 394 g/mol. The smallest absolute Gasteiger partial charge is 0.246 e. The van der Waals surface area contributed by atoms with Gasteiger partial charge in [-0.25, -0.2) is 17.2 Å². The van der Waals surface area contributed by atoms with Crippen LogP contribution in [0.1, 0.15) is 11.6 Å². The number of benzene rings is 1. The van der Waals surface area contributed by atoms with Crippen LogP contribution in [0.3, 0.4) is 0 Å². The number of aromatic nitrogens is 1. The molecule has 1 aromatic carbocycles. The van der Waals surface area contributed by atoms with Crippen LogP contribution in [0.25, 0.3) is 0 Å². The van der Waals surface area contributed by atoms with Gasteiger partial charge in [0.25, 0.3) is 0 Å². The predicted molar refractivity (Wildman–Crippen MR) is 95.4 cm³/mol. The Morgan fingerprint density at radius 1 is 1.21 bits per heavy atom. The van der Waals surface area contributed by atoms with Crippen LogP contribution in [-0.2, 0) is 19.6 Å². The highest BCUT2D eigenvalue weighted by Crippen LogP contribution is 2.17. The number of pyridine rings is 1. The highest BCUT2D eigenvalue weighted by atomic mass is 32.2. The van der Waals surface area contributed by atoms with Gasteiger partial charge in [0.1, 0.15) is 10.9 Å². The van der Waals surface area contributed by atoms with Crippen LogP contribution in [0.15, 0.2) is 47.6 Å². The van der Waals surface area contributed by atoms with Crippen molar-refractivity contribution in [2.45, 2.75) is 10.9 Å². The zero-order valence-corrected chi connectivity index (χ0v) is 15.8. The fraction of sp³-hybridized carbons (Fsp3) is 0.235. The van der Waals surface area contributed by atoms with Crippen LogP contribution in [0.4, 0.5) is 8.78 Å². The number of carbonyl (C=O) groups is 2. The van der Waals surface area contributed by atoms with Gasteiger partial charge in [-0.05, 0) is 29.8 Å². The molecule has 0 saturated carbocycles. The van der Waals surface area contributed by atoms with E-state index < -0.39 is 46.1 Å². The highest BCUT2D eigenvalue weighted by Gasteiger charge is 2.27. The van der Waals surface area contributed by atoms with Gasteiger partial charge in [0, 0.05) is 26.5 Å². The Balaban J connectivity index is 2.17. The van der Waals surface area contributed by atoms with E-state index in [-0.39, 0.29) is 10.5 Å². The molecule has 1 heterocycles. The summed E-state index contributed by atoms with van der Waals surface area (Å²) in [7, 11) is -1.48. The van der Waals surface area contributed by atoms with Gasteiger partial charge in [0.05, 0.1) is 6.54 Å². The minimum atomic E-state index is -3.97. The van der Waals surface area contributed by atoms with Crippen LogP contribution in [0.5, 0.6) is 0 Å². The minimum Gasteiger partial charge on any atom is -0.357 e. The van der Waals surface area contributed by atoms with Crippen molar-refractivity contribution < 1.29 is 26.8 Å². The van der Waals surface area contributed by atoms with E-state index in [4.69, 9.17) is 0 Å². The first-order chi connectivity index (χ1) is 13.2. The maximum Gasteiger partial charge on any atom is 0.246 e. The third-order valence-corrected chi connectivity index (χ3v) is 5.59. The summed E-state index contributed by atoms with van der Waals surface area (Å²) >= 11 is 0. The van der Waals surface area contributed by atoms with Crippen LogP contribution < -0.4 is 10.6 Å². The first-order valence-corrected chi connectivity index (χ1v) is 9.43. The Bertz CT molecular complexity index is 970. The third kappa shape index (κ3) is 4.87. The maximum absolute atomic E-state index is 13.5. The first-order valence-electron chi connectivity index (χ1n) is 7.99. The van der Waals surface area contributed by atoms with Crippen molar-refractivity contribution in [3.05, 3.63) is 59.9 Å². The molecule has 0 aliphatic rings. The van der Waals surface area contributed by atoms with Crippen LogP contribution in [-0.4, -0.2) is 50.2 Å². The monoisotopic (exact) mass is 412 g/mol. The van der Waals surface area contributed by atoms with Crippen molar-refractivity contribution in [3.63, 3.8) is 0 Å². The van der Waals surface area contributed by atoms with E-state index in [1.807, 2.05) is 0 Å². The number of nitrogens with zero attached hydrogens (tertiary/aromatic N) is 2. The molecule has 0 radical (unpaired) electrons. The fourth-order valence-electron chi connectivity index (χ4n) is 2.31. The van der Waals surface area contributed by atoms with Crippen molar-refractivity contribution in [3.8, 4) is 0 Å². The number of likely N-dealkylation sites (N-methyl/N-ethyl adjacent to an activating group) is 2. The molecule has 1 unspecified atom stereocenters. The summed E-state index contributed by atoms with van der Waals surface area (Å²) in [5.74, 6) is -3.78. The predicted octanol–water partition coefficient (Wildman–Crippen LogP) is 0.584. The summed E-state index contributed by atoms with van der Waals surface area (Å²) in [6.07, 6.45) is 2.54. The summed E-state index contributed by atoms with van der Waals surface area (Å²) < 4.78 is 52.3. The third-order valence-electron chi connectivity index (χ3n) is 3.80. The topological polar surface area (TPSA) is 108 Å². The molecule has 150 valence electrons. The maximum atomic E-state index is 13.5. The van der Waals surface area contributed by atoms with Gasteiger partial charge in [0.2, 0.25) is 21.8 Å². The lowest BCUT2D eigenvalue weighted by Crippen LogP contribution is -2.44. The van der Waals surface area contributed by atoms with E-state index >= 15 is 0 Å². The summed E-state index contributed by atoms with van der Waals surface area (Å²) in [5.41, 5.74) is 0.00405. The normalized spacial score (nSPS) is 12.5. The average Bonchev–Trinajstić information content (AvgIpc) is 2.68. The molecular formula is C17H18F2N4O4S. The lowest BCUT2D eigenvalue weighted by molar-refractivity contribution is -0.128. The average molecular weight is 412 g/mol. The molecule has 1 atom stereocenters. The standard InChI is InChI=1S/C17H18F2N4O4S/c1-20-17(25)16(11-5-6-13(18)14(19)8-11)22-15(24)10-23(2)28(26,27)12-4-3-7-21-9-12/h3-9,16H,10H2,1-2H3,(H,20,25)(H,22,24). The zero-order valence-electron chi connectivity index (χ0n) is 15.0. The van der Waals surface area contributed by atoms with Gasteiger partial charge in [-0.1, -0.05) is 6.07 Å². The number of hydrogen-bond acceptors (Lipinski definition) is 5. The van der Waals surface area contributed by atoms with Crippen molar-refractivity contribution in [2.75, 3.05) is 20.6 Å². The molecule has 0 bridgehead atoms. The molecule has 2 rings (SSSR count). The summed E-state index contributed by atoms with van der Waals surface area (Å²) in [6.45, 7) is -0.603. The van der Waals surface area contributed by atoms with Crippen molar-refractivity contribution in [2.24, 2.45) is 0 Å². The van der Waals surface area contributed by atoms with Gasteiger partial charge in [-0.2, -0.15) is 4.31 Å². The summed E-state index contributed by atoms with van der Waals surface area (Å²) in [4.78, 5) is 28.0. The molecule has 0 aliphatic carbocycles. The largest absolute Gasteiger partial charge is 0.357 e. The van der Waals surface area contributed by atoms with Gasteiger partial charge in [-0.15, -0.1) is 0 Å². The number of amides is 2. The van der Waals surface area contributed by atoms with Crippen LogP contribution >= 0.6 is 0 Å². The second-order valence-corrected chi connectivity index (χ2v) is 7.78. The molecule has 2 amide bonds. The lowest BCUT2D eigenvalue weighted by atomic mass is 10.1. The number of rotatable bonds is 7. The number of sulfonamides is 1. The fourth-order valence-corrected chi connectivity index (χ4v) is 3.40. The van der Waals surface area contributed by atoms with E-state index in [1.165, 1.54) is 32.4 Å². The molecule has 28 heavy (non-hydrogen) atoms. The molecule has 8 nitrogen and oxygen atoms in total. The molecule has 2 aromatic rings. The number of halogens is 2. The van der Waals surface area contributed by atoms with E-state index in [0.29, 0.717) is 0 Å². The lowest BCUT2D eigenvalue weighted by Gasteiger charge is -2.21. The van der Waals surface area contributed by atoms with E-state index in [0.717, 1.165) is 28.7 Å². The van der Waals surface area contributed by atoms with Gasteiger partial charge in [-0.3, -0.25) is 14.6 Å². The van der Waals surface area contributed by atoms with E-state index in [2.05, 4.69) is 15.6 Å². The van der Waals surface area contributed by atoms with Crippen molar-refractivity contribution in [1.29, 1.82) is 0 Å². The number of hydrogen-bond donors (Lipinski definition) is 2. The highest BCUT2D eigenvalue weighted by molar-refractivity contribution is 7.89. The Hall–Kier alpha value is -2.92. The van der Waals surface area contributed by atoms with Crippen LogP contribution in [0.2, 0.25) is 0 Å². The van der Waals surface area contributed by atoms with Crippen LogP contribution in [0, 0.1) is 11.6 Å². The van der Waals surface area contributed by atoms with E-state index in [1.54, 1.807) is 0 Å². The second kappa shape index (κ2) is 8.85. The van der Waals surface area contributed by atoms with Gasteiger partial charge in [0.15, 0.2) is 11.6 Å². The Morgan fingerprint density at radius 3 is 2.50 bits per heavy atom. The van der Waals surface area contributed by atoms with Gasteiger partial charge >= 0.3 is 0 Å². The second-order valence-electron chi connectivity index (χ2n) is 5.74. The Kier molecular flexibility index (Phi) is 6.75. The molecule has 11 heteroatoms. The summed E-state index contributed by atoms with van der Waals surface area (Å²) in [5, 5.41) is 4.63. The molecule has 0 aliphatic heterocycles. The van der Waals surface area contributed by atoms with Gasteiger partial charge < -0.3 is 10.6 Å². The zero-order chi connectivity index (χ0) is 20.9. The minimum absolute atomic E-state index is 0.00405. The molecule has 0 spiro atoms. The molecule has 1 aromatic heterocycles. The SMILES string of the molecule is CNC(=O)C(NC(=O)CN(C)S(=O)(=O)c1cccnc1)c1ccc(F)c(F)c1. The number of carbonyl (C=O) groups excluding carboxylic acids is 2. The number of nitrogens with one attached hydrogen (secondary N) is 2. The first kappa shape index (κ1) is 21.4. The van der Waals surface area contributed by atoms with E-state index in [9.17, 15) is 26.8 Å². The summed E-state index contributed by atoms with van der Waals surface area (Å²) in [6, 6.07) is 4.19. The quantitative estimate of drug-likeness (QED) is 0.692. The van der Waals surface area contributed by atoms with Crippen molar-refractivity contribution in [1.82, 2.24) is 19.9 Å². The Morgan fingerprint density at radius 2 is 1.93 bits per heavy atom. The molecule has 0 fully saturated rings. The van der Waals surface area contributed by atoms with Crippen molar-refractivity contribution >= 4 is 21.8 Å².